The summed E-state index contributed by atoms with van der Waals surface area (Å²) in [6.45, 7) is 4.86. The minimum absolute atomic E-state index is 0.181. The molecule has 3 nitrogen and oxygen atoms in total. The maximum Gasteiger partial charge on any atom is 0.0613 e. The molecular formula is C9H18O3. The van der Waals surface area contributed by atoms with Crippen molar-refractivity contribution in [1.82, 2.24) is 0 Å². The Labute approximate surface area is 73.7 Å². The zero-order valence-electron chi connectivity index (χ0n) is 7.66. The van der Waals surface area contributed by atoms with Crippen molar-refractivity contribution < 1.29 is 14.6 Å². The van der Waals surface area contributed by atoms with E-state index < -0.39 is 0 Å². The van der Waals surface area contributed by atoms with Gasteiger partial charge in [0, 0.05) is 25.7 Å². The van der Waals surface area contributed by atoms with E-state index in [-0.39, 0.29) is 12.0 Å². The lowest BCUT2D eigenvalue weighted by molar-refractivity contribution is -0.0463. The van der Waals surface area contributed by atoms with E-state index in [0.29, 0.717) is 13.2 Å². The SMILES string of the molecule is CCOCCC1COCCC1O. The second-order valence-electron chi connectivity index (χ2n) is 3.18. The van der Waals surface area contributed by atoms with Gasteiger partial charge in [0.25, 0.3) is 0 Å². The first kappa shape index (κ1) is 9.96. The summed E-state index contributed by atoms with van der Waals surface area (Å²) in [6, 6.07) is 0. The summed E-state index contributed by atoms with van der Waals surface area (Å²) in [5.41, 5.74) is 0. The Hall–Kier alpha value is -0.120. The molecule has 12 heavy (non-hydrogen) atoms. The minimum atomic E-state index is -0.181. The highest BCUT2D eigenvalue weighted by molar-refractivity contribution is 4.72. The number of hydrogen-bond acceptors (Lipinski definition) is 3. The molecule has 0 radical (unpaired) electrons. The Kier molecular flexibility index (Phi) is 4.58. The van der Waals surface area contributed by atoms with E-state index in [2.05, 4.69) is 0 Å². The molecule has 1 heterocycles. The molecule has 1 fully saturated rings. The van der Waals surface area contributed by atoms with Crippen LogP contribution in [0.5, 0.6) is 0 Å². The van der Waals surface area contributed by atoms with Crippen LogP contribution < -0.4 is 0 Å². The van der Waals surface area contributed by atoms with E-state index in [9.17, 15) is 5.11 Å². The van der Waals surface area contributed by atoms with Gasteiger partial charge in [-0.25, -0.2) is 0 Å². The molecule has 0 aromatic heterocycles. The van der Waals surface area contributed by atoms with Crippen LogP contribution in [0.1, 0.15) is 19.8 Å². The summed E-state index contributed by atoms with van der Waals surface area (Å²) < 4.78 is 10.5. The molecule has 0 spiro atoms. The highest BCUT2D eigenvalue weighted by atomic mass is 16.5. The summed E-state index contributed by atoms with van der Waals surface area (Å²) in [4.78, 5) is 0. The number of rotatable bonds is 4. The normalized spacial score (nSPS) is 30.5. The van der Waals surface area contributed by atoms with Gasteiger partial charge in [0.15, 0.2) is 0 Å². The number of ether oxygens (including phenoxy) is 2. The van der Waals surface area contributed by atoms with E-state index in [1.54, 1.807) is 0 Å². The number of aliphatic hydroxyl groups is 1. The Morgan fingerprint density at radius 2 is 2.42 bits per heavy atom. The Morgan fingerprint density at radius 3 is 3.08 bits per heavy atom. The lowest BCUT2D eigenvalue weighted by Gasteiger charge is -2.27. The maximum absolute atomic E-state index is 9.53. The van der Waals surface area contributed by atoms with Crippen LogP contribution in [0.2, 0.25) is 0 Å². The van der Waals surface area contributed by atoms with Gasteiger partial charge in [0.2, 0.25) is 0 Å². The average molecular weight is 174 g/mol. The maximum atomic E-state index is 9.53. The Bertz CT molecular complexity index is 116. The van der Waals surface area contributed by atoms with Crippen LogP contribution in [0.4, 0.5) is 0 Å². The molecule has 0 amide bonds. The van der Waals surface area contributed by atoms with Gasteiger partial charge in [0.1, 0.15) is 0 Å². The lowest BCUT2D eigenvalue weighted by atomic mass is 9.96. The van der Waals surface area contributed by atoms with E-state index in [4.69, 9.17) is 9.47 Å². The highest BCUT2D eigenvalue weighted by Crippen LogP contribution is 2.17. The van der Waals surface area contributed by atoms with Crippen molar-refractivity contribution in [3.8, 4) is 0 Å². The molecule has 1 rings (SSSR count). The third-order valence-electron chi connectivity index (χ3n) is 2.27. The fourth-order valence-electron chi connectivity index (χ4n) is 1.44. The molecule has 72 valence electrons. The average Bonchev–Trinajstić information content (AvgIpc) is 2.09. The summed E-state index contributed by atoms with van der Waals surface area (Å²) in [7, 11) is 0. The van der Waals surface area contributed by atoms with Gasteiger partial charge in [-0.1, -0.05) is 0 Å². The minimum Gasteiger partial charge on any atom is -0.393 e. The van der Waals surface area contributed by atoms with Crippen LogP contribution in [-0.4, -0.2) is 37.6 Å². The smallest absolute Gasteiger partial charge is 0.0613 e. The van der Waals surface area contributed by atoms with Gasteiger partial charge >= 0.3 is 0 Å². The van der Waals surface area contributed by atoms with Crippen molar-refractivity contribution >= 4 is 0 Å². The third kappa shape index (κ3) is 3.09. The molecule has 1 aliphatic heterocycles. The molecular weight excluding hydrogens is 156 g/mol. The largest absolute Gasteiger partial charge is 0.393 e. The Balaban J connectivity index is 2.11. The number of aliphatic hydroxyl groups excluding tert-OH is 1. The lowest BCUT2D eigenvalue weighted by Crippen LogP contribution is -2.32. The molecule has 0 aliphatic carbocycles. The zero-order chi connectivity index (χ0) is 8.81. The van der Waals surface area contributed by atoms with Crippen LogP contribution in [0, 0.1) is 5.92 Å². The first-order valence-electron chi connectivity index (χ1n) is 4.68. The van der Waals surface area contributed by atoms with E-state index in [1.807, 2.05) is 6.92 Å². The van der Waals surface area contributed by atoms with Crippen molar-refractivity contribution in [3.05, 3.63) is 0 Å². The van der Waals surface area contributed by atoms with Crippen LogP contribution in [0.15, 0.2) is 0 Å². The van der Waals surface area contributed by atoms with Crippen LogP contribution in [-0.2, 0) is 9.47 Å². The second kappa shape index (κ2) is 5.51. The quantitative estimate of drug-likeness (QED) is 0.641. The summed E-state index contributed by atoms with van der Waals surface area (Å²) in [6.07, 6.45) is 1.51. The predicted octanol–water partition coefficient (Wildman–Crippen LogP) is 0.810. The highest BCUT2D eigenvalue weighted by Gasteiger charge is 2.22. The van der Waals surface area contributed by atoms with Gasteiger partial charge in [-0.05, 0) is 19.8 Å². The molecule has 2 unspecified atom stereocenters. The monoisotopic (exact) mass is 174 g/mol. The zero-order valence-corrected chi connectivity index (χ0v) is 7.66. The van der Waals surface area contributed by atoms with Crippen LogP contribution in [0.3, 0.4) is 0 Å². The van der Waals surface area contributed by atoms with Crippen LogP contribution in [0.25, 0.3) is 0 Å². The summed E-state index contributed by atoms with van der Waals surface area (Å²) in [5.74, 6) is 0.283. The van der Waals surface area contributed by atoms with Gasteiger partial charge < -0.3 is 14.6 Å². The van der Waals surface area contributed by atoms with Crippen molar-refractivity contribution in [2.45, 2.75) is 25.9 Å². The van der Waals surface area contributed by atoms with E-state index >= 15 is 0 Å². The first-order valence-corrected chi connectivity index (χ1v) is 4.68. The molecule has 1 saturated heterocycles. The molecule has 3 heteroatoms. The van der Waals surface area contributed by atoms with Crippen LogP contribution >= 0.6 is 0 Å². The predicted molar refractivity (Wildman–Crippen MR) is 46.0 cm³/mol. The van der Waals surface area contributed by atoms with Gasteiger partial charge in [0.05, 0.1) is 12.7 Å². The first-order chi connectivity index (χ1) is 5.84. The van der Waals surface area contributed by atoms with E-state index in [1.165, 1.54) is 0 Å². The molecule has 0 bridgehead atoms. The molecule has 0 aromatic carbocycles. The fourth-order valence-corrected chi connectivity index (χ4v) is 1.44. The van der Waals surface area contributed by atoms with Crippen molar-refractivity contribution in [2.75, 3.05) is 26.4 Å². The standard InChI is InChI=1S/C9H18O3/c1-2-11-5-3-8-7-12-6-4-9(8)10/h8-10H,2-7H2,1H3. The van der Waals surface area contributed by atoms with E-state index in [0.717, 1.165) is 26.1 Å². The second-order valence-corrected chi connectivity index (χ2v) is 3.18. The van der Waals surface area contributed by atoms with Crippen molar-refractivity contribution in [2.24, 2.45) is 5.92 Å². The topological polar surface area (TPSA) is 38.7 Å². The molecule has 0 aromatic rings. The van der Waals surface area contributed by atoms with Gasteiger partial charge in [-0.3, -0.25) is 0 Å². The fraction of sp³-hybridized carbons (Fsp3) is 1.00. The Morgan fingerprint density at radius 1 is 1.58 bits per heavy atom. The number of hydrogen-bond donors (Lipinski definition) is 1. The molecule has 1 N–H and O–H groups in total. The molecule has 0 saturated carbocycles. The molecule has 1 aliphatic rings. The van der Waals surface area contributed by atoms with Crippen molar-refractivity contribution in [3.63, 3.8) is 0 Å². The van der Waals surface area contributed by atoms with Gasteiger partial charge in [-0.15, -0.1) is 0 Å². The van der Waals surface area contributed by atoms with Gasteiger partial charge in [-0.2, -0.15) is 0 Å². The third-order valence-corrected chi connectivity index (χ3v) is 2.27. The molecule has 2 atom stereocenters. The summed E-state index contributed by atoms with van der Waals surface area (Å²) >= 11 is 0. The van der Waals surface area contributed by atoms with Crippen molar-refractivity contribution in [1.29, 1.82) is 0 Å². The summed E-state index contributed by atoms with van der Waals surface area (Å²) in [5, 5.41) is 9.53.